The number of nitrogens with zero attached hydrogens (tertiary/aromatic N) is 1. The maximum absolute atomic E-state index is 13.1. The molecule has 5 rings (SSSR count). The van der Waals surface area contributed by atoms with E-state index in [1.807, 2.05) is 6.07 Å². The van der Waals surface area contributed by atoms with Crippen molar-refractivity contribution in [3.05, 3.63) is 53.6 Å². The largest absolute Gasteiger partial charge is 0.496 e. The molecule has 4 aliphatic rings. The number of terminal acetylenes is 2. The second-order valence-corrected chi connectivity index (χ2v) is 10.8. The van der Waals surface area contributed by atoms with Crippen molar-refractivity contribution in [1.82, 2.24) is 4.90 Å². The summed E-state index contributed by atoms with van der Waals surface area (Å²) in [5.41, 5.74) is 2.58. The standard InChI is InChI=1S/C20H31N3O2.C6H12.C6H8.2C2H2/c1-3-21-13-17-15(8-7-9-19(17)25-2)16-12-22-14-18(16)20(24)23-10-5-4-6-11-23;2*1-2-4-6-5-3-1;2*1-2/h7-9,16,18,21-22H,3-6,10-14H2,1-2H3;1-6H2;1-4H,5-6H2;2*1-2H/p+2/t16-,18?;;;;/m0..../s1. The van der Waals surface area contributed by atoms with Crippen LogP contribution in [0.15, 0.2) is 42.5 Å². The third-order valence-corrected chi connectivity index (χ3v) is 8.12. The first kappa shape index (κ1) is 36.0. The van der Waals surface area contributed by atoms with Gasteiger partial charge in [0.25, 0.3) is 0 Å². The minimum Gasteiger partial charge on any atom is -0.496 e. The number of quaternary nitrogens is 2. The van der Waals surface area contributed by atoms with E-state index in [9.17, 15) is 4.79 Å². The molecule has 2 saturated heterocycles. The number of ether oxygens (including phenoxy) is 1. The number of likely N-dealkylation sites (tertiary alicyclic amines) is 1. The molecular formula is C36H57N3O2+2. The predicted molar refractivity (Wildman–Crippen MR) is 172 cm³/mol. The lowest BCUT2D eigenvalue weighted by atomic mass is 9.84. The van der Waals surface area contributed by atoms with Crippen LogP contribution in [0.4, 0.5) is 0 Å². The van der Waals surface area contributed by atoms with Gasteiger partial charge in [-0.2, -0.15) is 0 Å². The monoisotopic (exact) mass is 563 g/mol. The lowest BCUT2D eigenvalue weighted by molar-refractivity contribution is -0.667. The van der Waals surface area contributed by atoms with E-state index in [0.717, 1.165) is 57.9 Å². The van der Waals surface area contributed by atoms with Crippen LogP contribution >= 0.6 is 0 Å². The van der Waals surface area contributed by atoms with E-state index >= 15 is 0 Å². The summed E-state index contributed by atoms with van der Waals surface area (Å²) in [6, 6.07) is 6.33. The Balaban J connectivity index is 0.000000427. The quantitative estimate of drug-likeness (QED) is 0.489. The Labute approximate surface area is 251 Å². The van der Waals surface area contributed by atoms with Gasteiger partial charge in [-0.25, -0.2) is 0 Å². The number of benzene rings is 1. The highest BCUT2D eigenvalue weighted by atomic mass is 16.5. The zero-order valence-electron chi connectivity index (χ0n) is 25.9. The number of rotatable bonds is 6. The van der Waals surface area contributed by atoms with Gasteiger partial charge in [-0.05, 0) is 50.7 Å². The molecule has 0 spiro atoms. The summed E-state index contributed by atoms with van der Waals surface area (Å²) in [6.07, 6.45) is 39.6. The minimum absolute atomic E-state index is 0.102. The summed E-state index contributed by atoms with van der Waals surface area (Å²) in [5.74, 6) is 1.72. The smallest absolute Gasteiger partial charge is 0.232 e. The Kier molecular flexibility index (Phi) is 20.8. The van der Waals surface area contributed by atoms with Crippen LogP contribution in [0.1, 0.15) is 94.6 Å². The van der Waals surface area contributed by atoms with E-state index in [1.165, 1.54) is 68.9 Å². The van der Waals surface area contributed by atoms with E-state index in [1.54, 1.807) is 7.11 Å². The predicted octanol–water partition coefficient (Wildman–Crippen LogP) is 4.80. The van der Waals surface area contributed by atoms with Crippen LogP contribution in [0.3, 0.4) is 0 Å². The lowest BCUT2D eigenvalue weighted by Crippen LogP contribution is -2.82. The molecule has 1 saturated carbocycles. The van der Waals surface area contributed by atoms with Crippen LogP contribution in [0, 0.1) is 31.6 Å². The maximum Gasteiger partial charge on any atom is 0.232 e. The average Bonchev–Trinajstić information content (AvgIpc) is 3.57. The molecule has 3 fully saturated rings. The second kappa shape index (κ2) is 23.7. The molecule has 2 aliphatic heterocycles. The molecule has 0 radical (unpaired) electrons. The van der Waals surface area contributed by atoms with Crippen LogP contribution < -0.4 is 15.4 Å². The van der Waals surface area contributed by atoms with Crippen molar-refractivity contribution >= 4 is 5.91 Å². The van der Waals surface area contributed by atoms with Crippen LogP contribution in [-0.2, 0) is 11.3 Å². The first-order valence-corrected chi connectivity index (χ1v) is 15.8. The number of amides is 1. The number of piperidine rings is 1. The Morgan fingerprint density at radius 1 is 0.902 bits per heavy atom. The first-order valence-electron chi connectivity index (χ1n) is 15.8. The molecule has 2 aliphatic carbocycles. The van der Waals surface area contributed by atoms with E-state index in [-0.39, 0.29) is 5.92 Å². The molecule has 0 bridgehead atoms. The van der Waals surface area contributed by atoms with Crippen molar-refractivity contribution in [1.29, 1.82) is 0 Å². The Morgan fingerprint density at radius 3 is 1.95 bits per heavy atom. The lowest BCUT2D eigenvalue weighted by Gasteiger charge is -2.30. The third-order valence-electron chi connectivity index (χ3n) is 8.12. The molecule has 2 heterocycles. The Morgan fingerprint density at radius 2 is 1.46 bits per heavy atom. The Bertz CT molecular complexity index is 894. The molecule has 226 valence electrons. The second-order valence-electron chi connectivity index (χ2n) is 10.8. The molecular weight excluding hydrogens is 506 g/mol. The Hall–Kier alpha value is -2.99. The van der Waals surface area contributed by atoms with Crippen molar-refractivity contribution in [3.8, 4) is 31.4 Å². The number of carbonyl (C=O) groups is 1. The zero-order valence-corrected chi connectivity index (χ0v) is 25.9. The number of hydrogen-bond acceptors (Lipinski definition) is 2. The molecule has 5 heteroatoms. The number of carbonyl (C=O) groups excluding carboxylic acids is 1. The van der Waals surface area contributed by atoms with Gasteiger partial charge in [0.05, 0.1) is 44.1 Å². The van der Waals surface area contributed by atoms with Gasteiger partial charge in [0.15, 0.2) is 0 Å². The van der Waals surface area contributed by atoms with E-state index < -0.39 is 0 Å². The fourth-order valence-electron chi connectivity index (χ4n) is 5.98. The van der Waals surface area contributed by atoms with Gasteiger partial charge in [0.2, 0.25) is 5.91 Å². The van der Waals surface area contributed by atoms with Gasteiger partial charge in [0, 0.05) is 13.1 Å². The molecule has 0 aromatic heterocycles. The van der Waals surface area contributed by atoms with Gasteiger partial charge < -0.3 is 20.3 Å². The molecule has 1 aromatic carbocycles. The molecule has 1 amide bonds. The fourth-order valence-corrected chi connectivity index (χ4v) is 5.98. The summed E-state index contributed by atoms with van der Waals surface area (Å²) >= 11 is 0. The number of hydrogen-bond donors (Lipinski definition) is 2. The highest BCUT2D eigenvalue weighted by Gasteiger charge is 2.41. The maximum atomic E-state index is 13.1. The zero-order chi connectivity index (χ0) is 30.1. The first-order chi connectivity index (χ1) is 20.3. The minimum atomic E-state index is 0.102. The van der Waals surface area contributed by atoms with Gasteiger partial charge in [-0.15, -0.1) is 25.7 Å². The van der Waals surface area contributed by atoms with Crippen molar-refractivity contribution in [2.24, 2.45) is 5.92 Å². The highest BCUT2D eigenvalue weighted by Crippen LogP contribution is 2.34. The molecule has 2 atom stereocenters. The summed E-state index contributed by atoms with van der Waals surface area (Å²) in [6.45, 7) is 7.92. The summed E-state index contributed by atoms with van der Waals surface area (Å²) in [4.78, 5) is 15.2. The van der Waals surface area contributed by atoms with Crippen molar-refractivity contribution in [2.45, 2.75) is 90.0 Å². The van der Waals surface area contributed by atoms with E-state index in [2.05, 4.69) is 84.6 Å². The average molecular weight is 564 g/mol. The number of methoxy groups -OCH3 is 1. The summed E-state index contributed by atoms with van der Waals surface area (Å²) < 4.78 is 5.63. The van der Waals surface area contributed by atoms with Crippen molar-refractivity contribution < 1.29 is 20.2 Å². The third kappa shape index (κ3) is 13.0. The molecule has 1 aromatic rings. The highest BCUT2D eigenvalue weighted by molar-refractivity contribution is 5.80. The topological polar surface area (TPSA) is 62.8 Å². The van der Waals surface area contributed by atoms with Crippen LogP contribution in [0.2, 0.25) is 0 Å². The van der Waals surface area contributed by atoms with Gasteiger partial charge >= 0.3 is 0 Å². The number of nitrogens with two attached hydrogens (primary N) is 2. The van der Waals surface area contributed by atoms with Gasteiger partial charge in [-0.1, -0.05) is 75.0 Å². The van der Waals surface area contributed by atoms with E-state index in [4.69, 9.17) is 4.74 Å². The summed E-state index contributed by atoms with van der Waals surface area (Å²) in [7, 11) is 1.74. The van der Waals surface area contributed by atoms with Gasteiger partial charge in [-0.3, -0.25) is 4.79 Å². The SMILES string of the molecule is C#C.C#C.C1=CCCC=C1.C1CCCCC1.CC[NH2+]Cc1c(OC)cccc1[C@@H]1C[NH2+]CC1C(=O)N1CCCCC1. The normalized spacial score (nSPS) is 20.8. The molecule has 41 heavy (non-hydrogen) atoms. The molecule has 4 N–H and O–H groups in total. The summed E-state index contributed by atoms with van der Waals surface area (Å²) in [5, 5.41) is 4.60. The van der Waals surface area contributed by atoms with Crippen LogP contribution in [0.5, 0.6) is 5.75 Å². The van der Waals surface area contributed by atoms with Crippen LogP contribution in [-0.4, -0.2) is 50.6 Å². The van der Waals surface area contributed by atoms with Gasteiger partial charge in [0.1, 0.15) is 12.3 Å². The molecule has 5 nitrogen and oxygen atoms in total. The van der Waals surface area contributed by atoms with Crippen LogP contribution in [0.25, 0.3) is 0 Å². The van der Waals surface area contributed by atoms with Crippen molar-refractivity contribution in [3.63, 3.8) is 0 Å². The fraction of sp³-hybridized carbons (Fsp3) is 0.583. The van der Waals surface area contributed by atoms with E-state index in [0.29, 0.717) is 11.8 Å². The molecule has 1 unspecified atom stereocenters. The van der Waals surface area contributed by atoms with Crippen molar-refractivity contribution in [2.75, 3.05) is 39.8 Å². The number of allylic oxidation sites excluding steroid dienone is 4.